The summed E-state index contributed by atoms with van der Waals surface area (Å²) < 4.78 is 3.32. The van der Waals surface area contributed by atoms with Crippen molar-refractivity contribution in [2.75, 3.05) is 5.73 Å². The molecule has 0 radical (unpaired) electrons. The number of nitrogen functional groups attached to an aromatic ring is 1. The topological polar surface area (TPSA) is 128 Å². The van der Waals surface area contributed by atoms with E-state index in [-0.39, 0.29) is 23.4 Å². The maximum absolute atomic E-state index is 12.5. The van der Waals surface area contributed by atoms with E-state index in [4.69, 9.17) is 10.7 Å². The number of benzene rings is 1. The Kier molecular flexibility index (Phi) is 5.39. The molecule has 0 saturated heterocycles. The van der Waals surface area contributed by atoms with Crippen molar-refractivity contribution in [1.82, 2.24) is 24.4 Å². The molecule has 0 amide bonds. The summed E-state index contributed by atoms with van der Waals surface area (Å²) in [5.74, 6) is -1.07. The number of carbonyl (C=O) groups is 2. The average Bonchev–Trinajstić information content (AvgIpc) is 3.46. The van der Waals surface area contributed by atoms with Gasteiger partial charge >= 0.3 is 5.97 Å². The van der Waals surface area contributed by atoms with Crippen molar-refractivity contribution in [3.63, 3.8) is 0 Å². The summed E-state index contributed by atoms with van der Waals surface area (Å²) in [7, 11) is 0. The molecule has 1 saturated carbocycles. The first kappa shape index (κ1) is 21.8. The van der Waals surface area contributed by atoms with E-state index in [1.807, 2.05) is 42.1 Å². The molecule has 3 aromatic heterocycles. The molecule has 0 bridgehead atoms. The molecule has 3 heterocycles. The molecule has 1 fully saturated rings. The minimum Gasteiger partial charge on any atom is -0.481 e. The van der Waals surface area contributed by atoms with Crippen LogP contribution in [0, 0.1) is 12.8 Å². The molecule has 1 aliphatic rings. The van der Waals surface area contributed by atoms with Gasteiger partial charge in [0.1, 0.15) is 5.82 Å². The van der Waals surface area contributed by atoms with Gasteiger partial charge < -0.3 is 10.8 Å². The van der Waals surface area contributed by atoms with Crippen LogP contribution in [-0.2, 0) is 4.79 Å². The van der Waals surface area contributed by atoms with Crippen molar-refractivity contribution < 1.29 is 14.7 Å². The summed E-state index contributed by atoms with van der Waals surface area (Å²) in [5, 5.41) is 18.3. The summed E-state index contributed by atoms with van der Waals surface area (Å²) in [5.41, 5.74) is 11.7. The van der Waals surface area contributed by atoms with Gasteiger partial charge in [-0.05, 0) is 51.2 Å². The zero-order chi connectivity index (χ0) is 24.0. The van der Waals surface area contributed by atoms with E-state index in [9.17, 15) is 14.7 Å². The second-order valence-corrected chi connectivity index (χ2v) is 8.95. The molecule has 0 aliphatic heterocycles. The lowest BCUT2D eigenvalue weighted by atomic mass is 9.79. The van der Waals surface area contributed by atoms with Crippen molar-refractivity contribution in [3.8, 4) is 16.8 Å². The van der Waals surface area contributed by atoms with Crippen LogP contribution in [0.3, 0.4) is 0 Å². The van der Waals surface area contributed by atoms with Gasteiger partial charge in [0.15, 0.2) is 11.4 Å². The number of nitrogens with zero attached hydrogens (tertiary/aromatic N) is 5. The molecule has 0 atom stereocenters. The van der Waals surface area contributed by atoms with E-state index < -0.39 is 5.97 Å². The van der Waals surface area contributed by atoms with Crippen LogP contribution in [0.4, 0.5) is 5.82 Å². The number of fused-ring (bicyclic) bond motifs is 1. The van der Waals surface area contributed by atoms with Crippen LogP contribution >= 0.6 is 0 Å². The minimum absolute atomic E-state index is 0.0285. The van der Waals surface area contributed by atoms with Crippen molar-refractivity contribution >= 4 is 23.2 Å². The highest BCUT2D eigenvalue weighted by Gasteiger charge is 2.31. The van der Waals surface area contributed by atoms with Gasteiger partial charge in [0.25, 0.3) is 0 Å². The largest absolute Gasteiger partial charge is 0.481 e. The minimum atomic E-state index is -0.767. The average molecular weight is 459 g/mol. The van der Waals surface area contributed by atoms with E-state index in [1.165, 1.54) is 11.4 Å². The molecule has 174 valence electrons. The SMILES string of the molecule is CC(=O)c1c(C2CCC(C(=O)O)CC2)nc2c(-c3cnn(-c4ccccc4C)c3)cnn2c1N. The van der Waals surface area contributed by atoms with E-state index in [0.29, 0.717) is 42.6 Å². The lowest BCUT2D eigenvalue weighted by molar-refractivity contribution is -0.142. The predicted octanol–water partition coefficient (Wildman–Crippen LogP) is 4.03. The van der Waals surface area contributed by atoms with Gasteiger partial charge in [-0.1, -0.05) is 18.2 Å². The molecule has 4 aromatic rings. The Hall–Kier alpha value is -4.01. The number of ketones is 1. The number of aryl methyl sites for hydroxylation is 1. The van der Waals surface area contributed by atoms with E-state index in [1.54, 1.807) is 12.4 Å². The summed E-state index contributed by atoms with van der Waals surface area (Å²) in [6.07, 6.45) is 7.78. The highest BCUT2D eigenvalue weighted by atomic mass is 16.4. The Bertz CT molecular complexity index is 1410. The second kappa shape index (κ2) is 8.40. The molecule has 1 aliphatic carbocycles. The van der Waals surface area contributed by atoms with Crippen molar-refractivity contribution in [3.05, 3.63) is 59.7 Å². The third kappa shape index (κ3) is 3.63. The van der Waals surface area contributed by atoms with Crippen LogP contribution in [0.2, 0.25) is 0 Å². The summed E-state index contributed by atoms with van der Waals surface area (Å²) in [6, 6.07) is 7.99. The zero-order valence-corrected chi connectivity index (χ0v) is 19.1. The Morgan fingerprint density at radius 1 is 1.09 bits per heavy atom. The number of carboxylic acids is 1. The molecule has 9 heteroatoms. The first-order valence-electron chi connectivity index (χ1n) is 11.4. The first-order chi connectivity index (χ1) is 16.3. The van der Waals surface area contributed by atoms with Gasteiger partial charge in [-0.15, -0.1) is 0 Å². The quantitative estimate of drug-likeness (QED) is 0.432. The number of carbonyl (C=O) groups excluding carboxylic acids is 1. The van der Waals surface area contributed by atoms with E-state index in [0.717, 1.165) is 22.4 Å². The lowest BCUT2D eigenvalue weighted by Gasteiger charge is -2.27. The fourth-order valence-electron chi connectivity index (χ4n) is 4.92. The molecule has 1 aromatic carbocycles. The molecule has 0 unspecified atom stereocenters. The van der Waals surface area contributed by atoms with E-state index >= 15 is 0 Å². The summed E-state index contributed by atoms with van der Waals surface area (Å²) in [4.78, 5) is 28.8. The van der Waals surface area contributed by atoms with Crippen molar-refractivity contribution in [1.29, 1.82) is 0 Å². The zero-order valence-electron chi connectivity index (χ0n) is 19.1. The lowest BCUT2D eigenvalue weighted by Crippen LogP contribution is -2.23. The maximum Gasteiger partial charge on any atom is 0.306 e. The third-order valence-corrected chi connectivity index (χ3v) is 6.78. The number of aromatic nitrogens is 5. The normalized spacial score (nSPS) is 18.3. The second-order valence-electron chi connectivity index (χ2n) is 8.95. The molecule has 9 nitrogen and oxygen atoms in total. The number of hydrogen-bond donors (Lipinski definition) is 2. The fraction of sp³-hybridized carbons (Fsp3) is 0.320. The smallest absolute Gasteiger partial charge is 0.306 e. The predicted molar refractivity (Wildman–Crippen MR) is 127 cm³/mol. The molecule has 3 N–H and O–H groups in total. The summed E-state index contributed by atoms with van der Waals surface area (Å²) in [6.45, 7) is 3.51. The Morgan fingerprint density at radius 3 is 2.50 bits per heavy atom. The van der Waals surface area contributed by atoms with Gasteiger partial charge in [-0.25, -0.2) is 9.67 Å². The standard InChI is InChI=1S/C25H26N6O3/c1-14-5-3-4-6-20(14)30-13-18(11-27-30)19-12-28-31-23(26)21(15(2)32)22(29-24(19)31)16-7-9-17(10-8-16)25(33)34/h3-6,11-13,16-17H,7-10,26H2,1-2H3,(H,33,34). The number of para-hydroxylation sites is 1. The monoisotopic (exact) mass is 458 g/mol. The van der Waals surface area contributed by atoms with Crippen LogP contribution < -0.4 is 5.73 Å². The van der Waals surface area contributed by atoms with Crippen molar-refractivity contribution in [2.24, 2.45) is 5.92 Å². The number of aliphatic carboxylic acids is 1. The van der Waals surface area contributed by atoms with Gasteiger partial charge in [0.2, 0.25) is 0 Å². The molecular weight excluding hydrogens is 432 g/mol. The van der Waals surface area contributed by atoms with E-state index in [2.05, 4.69) is 10.2 Å². The number of rotatable bonds is 5. The third-order valence-electron chi connectivity index (χ3n) is 6.78. The van der Waals surface area contributed by atoms with Gasteiger partial charge in [-0.2, -0.15) is 14.7 Å². The number of carboxylic acid groups (broad SMARTS) is 1. The first-order valence-corrected chi connectivity index (χ1v) is 11.4. The summed E-state index contributed by atoms with van der Waals surface area (Å²) >= 11 is 0. The Labute approximate surface area is 196 Å². The number of nitrogens with two attached hydrogens (primary N) is 1. The number of anilines is 1. The fourth-order valence-corrected chi connectivity index (χ4v) is 4.92. The maximum atomic E-state index is 12.5. The van der Waals surface area contributed by atoms with Crippen LogP contribution in [0.5, 0.6) is 0 Å². The molecular formula is C25H26N6O3. The number of Topliss-reactive ketones (excluding diaryl/α,β-unsaturated/α-hetero) is 1. The van der Waals surface area contributed by atoms with Gasteiger partial charge in [0, 0.05) is 23.2 Å². The Balaban J connectivity index is 1.59. The molecule has 5 rings (SSSR count). The molecule has 34 heavy (non-hydrogen) atoms. The molecule has 0 spiro atoms. The van der Waals surface area contributed by atoms with Crippen LogP contribution in [0.15, 0.2) is 42.9 Å². The highest BCUT2D eigenvalue weighted by molar-refractivity contribution is 6.00. The Morgan fingerprint density at radius 2 is 1.82 bits per heavy atom. The van der Waals surface area contributed by atoms with Crippen molar-refractivity contribution in [2.45, 2.75) is 45.4 Å². The van der Waals surface area contributed by atoms with Gasteiger partial charge in [0.05, 0.1) is 35.3 Å². The van der Waals surface area contributed by atoms with Gasteiger partial charge in [-0.3, -0.25) is 9.59 Å². The van der Waals surface area contributed by atoms with Crippen LogP contribution in [-0.4, -0.2) is 41.2 Å². The highest BCUT2D eigenvalue weighted by Crippen LogP contribution is 2.39. The van der Waals surface area contributed by atoms with Crippen LogP contribution in [0.25, 0.3) is 22.5 Å². The van der Waals surface area contributed by atoms with Crippen LogP contribution in [0.1, 0.15) is 60.1 Å². The number of hydrogen-bond acceptors (Lipinski definition) is 6.